The molecule has 18 heavy (non-hydrogen) atoms. The molecule has 1 aromatic rings. The molecule has 0 bridgehead atoms. The van der Waals surface area contributed by atoms with E-state index in [1.54, 1.807) is 0 Å². The monoisotopic (exact) mass is 252 g/mol. The van der Waals surface area contributed by atoms with Gasteiger partial charge in [0.25, 0.3) is 0 Å². The molecule has 1 aliphatic heterocycles. The van der Waals surface area contributed by atoms with Crippen LogP contribution in [-0.4, -0.2) is 32.5 Å². The lowest BCUT2D eigenvalue weighted by Gasteiger charge is -2.06. The predicted octanol–water partition coefficient (Wildman–Crippen LogP) is 0.00680. The summed E-state index contributed by atoms with van der Waals surface area (Å²) in [5.41, 5.74) is 6.20. The molecular weight excluding hydrogens is 236 g/mol. The summed E-state index contributed by atoms with van der Waals surface area (Å²) in [6.45, 7) is 1.51. The molecule has 98 valence electrons. The quantitative estimate of drug-likeness (QED) is 0.697. The van der Waals surface area contributed by atoms with Crippen LogP contribution >= 0.6 is 0 Å². The minimum atomic E-state index is -0.166. The van der Waals surface area contributed by atoms with Crippen molar-refractivity contribution >= 4 is 5.91 Å². The Bertz CT molecular complexity index is 423. The van der Waals surface area contributed by atoms with Crippen molar-refractivity contribution in [2.75, 3.05) is 26.6 Å². The molecule has 0 atom stereocenters. The minimum Gasteiger partial charge on any atom is -0.454 e. The number of carbonyl (C=O) groups is 1. The fraction of sp³-hybridized carbons (Fsp3) is 0.417. The average molecular weight is 252 g/mol. The minimum absolute atomic E-state index is 0.0295. The smallest absolute Gasteiger partial charge is 0.246 e. The first-order valence-corrected chi connectivity index (χ1v) is 5.72. The van der Waals surface area contributed by atoms with Crippen molar-refractivity contribution in [2.24, 2.45) is 5.73 Å². The average Bonchev–Trinajstić information content (AvgIpc) is 2.84. The van der Waals surface area contributed by atoms with Gasteiger partial charge in [-0.3, -0.25) is 4.79 Å². The van der Waals surface area contributed by atoms with Crippen molar-refractivity contribution in [1.29, 1.82) is 0 Å². The van der Waals surface area contributed by atoms with Gasteiger partial charge >= 0.3 is 0 Å². The molecule has 6 heteroatoms. The second-order valence-corrected chi connectivity index (χ2v) is 3.81. The van der Waals surface area contributed by atoms with Gasteiger partial charge in [-0.05, 0) is 17.7 Å². The van der Waals surface area contributed by atoms with E-state index in [1.165, 1.54) is 0 Å². The summed E-state index contributed by atoms with van der Waals surface area (Å²) in [5.74, 6) is 1.28. The summed E-state index contributed by atoms with van der Waals surface area (Å²) in [7, 11) is 0. The fourth-order valence-corrected chi connectivity index (χ4v) is 1.55. The van der Waals surface area contributed by atoms with E-state index in [0.717, 1.165) is 11.3 Å². The van der Waals surface area contributed by atoms with Crippen molar-refractivity contribution in [3.63, 3.8) is 0 Å². The lowest BCUT2D eigenvalue weighted by atomic mass is 10.2. The number of carbonyl (C=O) groups excluding carboxylic acids is 1. The molecule has 0 saturated heterocycles. The zero-order chi connectivity index (χ0) is 12.8. The van der Waals surface area contributed by atoms with Crippen LogP contribution in [0.5, 0.6) is 11.5 Å². The molecule has 0 aromatic heterocycles. The second kappa shape index (κ2) is 6.23. The van der Waals surface area contributed by atoms with Gasteiger partial charge < -0.3 is 25.3 Å². The standard InChI is InChI=1S/C12H16N2O4/c13-3-4-16-7-12(15)14-6-9-1-2-10-11(5-9)18-8-17-10/h1-2,5H,3-4,6-8,13H2,(H,14,15). The first-order chi connectivity index (χ1) is 8.79. The predicted molar refractivity (Wildman–Crippen MR) is 64.3 cm³/mol. The fourth-order valence-electron chi connectivity index (χ4n) is 1.55. The zero-order valence-electron chi connectivity index (χ0n) is 9.98. The van der Waals surface area contributed by atoms with Crippen molar-refractivity contribution in [1.82, 2.24) is 5.32 Å². The van der Waals surface area contributed by atoms with Gasteiger partial charge in [0.1, 0.15) is 6.61 Å². The van der Waals surface area contributed by atoms with Gasteiger partial charge in [-0.25, -0.2) is 0 Å². The second-order valence-electron chi connectivity index (χ2n) is 3.81. The Balaban J connectivity index is 1.78. The molecule has 6 nitrogen and oxygen atoms in total. The lowest BCUT2D eigenvalue weighted by molar-refractivity contribution is -0.125. The Morgan fingerprint density at radius 1 is 1.39 bits per heavy atom. The topological polar surface area (TPSA) is 82.8 Å². The molecule has 0 radical (unpaired) electrons. The maximum atomic E-state index is 11.4. The van der Waals surface area contributed by atoms with E-state index in [0.29, 0.717) is 25.4 Å². The molecule has 0 aliphatic carbocycles. The van der Waals surface area contributed by atoms with Crippen LogP contribution in [0.25, 0.3) is 0 Å². The van der Waals surface area contributed by atoms with Crippen LogP contribution in [0.1, 0.15) is 5.56 Å². The van der Waals surface area contributed by atoms with Crippen LogP contribution in [-0.2, 0) is 16.1 Å². The van der Waals surface area contributed by atoms with Crippen molar-refractivity contribution in [3.05, 3.63) is 23.8 Å². The summed E-state index contributed by atoms with van der Waals surface area (Å²) < 4.78 is 15.5. The number of amides is 1. The van der Waals surface area contributed by atoms with Gasteiger partial charge in [0.2, 0.25) is 12.7 Å². The van der Waals surface area contributed by atoms with Crippen molar-refractivity contribution < 1.29 is 19.0 Å². The van der Waals surface area contributed by atoms with Crippen LogP contribution in [0.2, 0.25) is 0 Å². The molecule has 0 fully saturated rings. The highest BCUT2D eigenvalue weighted by Crippen LogP contribution is 2.32. The third kappa shape index (κ3) is 3.35. The SMILES string of the molecule is NCCOCC(=O)NCc1ccc2c(c1)OCO2. The zero-order valence-corrected chi connectivity index (χ0v) is 9.98. The number of rotatable bonds is 6. The van der Waals surface area contributed by atoms with Crippen molar-refractivity contribution in [2.45, 2.75) is 6.54 Å². The van der Waals surface area contributed by atoms with Gasteiger partial charge in [-0.15, -0.1) is 0 Å². The summed E-state index contributed by atoms with van der Waals surface area (Å²) >= 11 is 0. The third-order valence-corrected chi connectivity index (χ3v) is 2.42. The number of benzene rings is 1. The highest BCUT2D eigenvalue weighted by Gasteiger charge is 2.13. The normalized spacial score (nSPS) is 12.5. The number of nitrogens with one attached hydrogen (secondary N) is 1. The Morgan fingerprint density at radius 2 is 2.22 bits per heavy atom. The van der Waals surface area contributed by atoms with Crippen LogP contribution < -0.4 is 20.5 Å². The molecule has 2 rings (SSSR count). The molecule has 0 saturated carbocycles. The molecule has 1 heterocycles. The molecule has 3 N–H and O–H groups in total. The van der Waals surface area contributed by atoms with Crippen molar-refractivity contribution in [3.8, 4) is 11.5 Å². The van der Waals surface area contributed by atoms with Gasteiger partial charge in [-0.2, -0.15) is 0 Å². The third-order valence-electron chi connectivity index (χ3n) is 2.42. The highest BCUT2D eigenvalue weighted by atomic mass is 16.7. The first kappa shape index (κ1) is 12.7. The Hall–Kier alpha value is -1.79. The summed E-state index contributed by atoms with van der Waals surface area (Å²) in [6.07, 6.45) is 0. The van der Waals surface area contributed by atoms with E-state index in [9.17, 15) is 4.79 Å². The van der Waals surface area contributed by atoms with Crippen LogP contribution in [0, 0.1) is 0 Å². The largest absolute Gasteiger partial charge is 0.454 e. The Morgan fingerprint density at radius 3 is 3.06 bits per heavy atom. The first-order valence-electron chi connectivity index (χ1n) is 5.72. The van der Waals surface area contributed by atoms with E-state index in [1.807, 2.05) is 18.2 Å². The van der Waals surface area contributed by atoms with Gasteiger partial charge in [0.15, 0.2) is 11.5 Å². The molecule has 0 spiro atoms. The maximum absolute atomic E-state index is 11.4. The Kier molecular flexibility index (Phi) is 4.38. The molecule has 1 aromatic carbocycles. The molecular formula is C12H16N2O4. The Labute approximate surface area is 105 Å². The summed E-state index contributed by atoms with van der Waals surface area (Å²) in [5, 5.41) is 2.75. The van der Waals surface area contributed by atoms with Gasteiger partial charge in [0.05, 0.1) is 6.61 Å². The highest BCUT2D eigenvalue weighted by molar-refractivity contribution is 5.77. The summed E-state index contributed by atoms with van der Waals surface area (Å²) in [4.78, 5) is 11.4. The maximum Gasteiger partial charge on any atom is 0.246 e. The summed E-state index contributed by atoms with van der Waals surface area (Å²) in [6, 6.07) is 5.56. The van der Waals surface area contributed by atoms with Crippen LogP contribution in [0.4, 0.5) is 0 Å². The van der Waals surface area contributed by atoms with E-state index in [-0.39, 0.29) is 19.3 Å². The number of fused-ring (bicyclic) bond motifs is 1. The van der Waals surface area contributed by atoms with Crippen LogP contribution in [0.3, 0.4) is 0 Å². The molecule has 1 amide bonds. The number of hydrogen-bond acceptors (Lipinski definition) is 5. The van der Waals surface area contributed by atoms with Gasteiger partial charge in [-0.1, -0.05) is 6.07 Å². The van der Waals surface area contributed by atoms with E-state index >= 15 is 0 Å². The molecule has 1 aliphatic rings. The number of hydrogen-bond donors (Lipinski definition) is 2. The van der Waals surface area contributed by atoms with Crippen LogP contribution in [0.15, 0.2) is 18.2 Å². The number of ether oxygens (including phenoxy) is 3. The van der Waals surface area contributed by atoms with E-state index < -0.39 is 0 Å². The number of nitrogens with two attached hydrogens (primary N) is 1. The molecule has 0 unspecified atom stereocenters. The van der Waals surface area contributed by atoms with Gasteiger partial charge in [0, 0.05) is 13.1 Å². The lowest BCUT2D eigenvalue weighted by Crippen LogP contribution is -2.28. The van der Waals surface area contributed by atoms with E-state index in [2.05, 4.69) is 5.32 Å². The van der Waals surface area contributed by atoms with E-state index in [4.69, 9.17) is 19.9 Å².